The van der Waals surface area contributed by atoms with Crippen LogP contribution in [0.25, 0.3) is 0 Å². The van der Waals surface area contributed by atoms with Crippen molar-refractivity contribution < 1.29 is 39.5 Å². The van der Waals surface area contributed by atoms with Crippen LogP contribution in [0, 0.1) is 0 Å². The Morgan fingerprint density at radius 3 is 1.31 bits per heavy atom. The van der Waals surface area contributed by atoms with Gasteiger partial charge in [0.25, 0.3) is 0 Å². The van der Waals surface area contributed by atoms with E-state index in [-0.39, 0.29) is 0 Å². The molecule has 0 aromatic carbocycles. The Kier molecular flexibility index (Phi) is 4.07. The molecule has 0 nitrogen and oxygen atoms in total. The molecule has 0 aromatic rings. The van der Waals surface area contributed by atoms with Crippen LogP contribution in [0.4, 0.5) is 39.5 Å². The summed E-state index contributed by atoms with van der Waals surface area (Å²) in [4.78, 5) is 0. The Labute approximate surface area is 88.4 Å². The number of hydrogen-bond donors (Lipinski definition) is 0. The van der Waals surface area contributed by atoms with Gasteiger partial charge in [0, 0.05) is 12.3 Å². The van der Waals surface area contributed by atoms with Gasteiger partial charge in [-0.2, -0.15) is 39.5 Å². The monoisotopic (exact) mass is 282 g/mol. The van der Waals surface area contributed by atoms with E-state index in [0.717, 1.165) is 0 Å². The van der Waals surface area contributed by atoms with Gasteiger partial charge in [0.05, 0.1) is 0 Å². The van der Waals surface area contributed by atoms with E-state index in [0.29, 0.717) is 0 Å². The van der Waals surface area contributed by atoms with Crippen LogP contribution in [-0.2, 0) is 0 Å². The first kappa shape index (κ1) is 15.7. The van der Waals surface area contributed by atoms with Gasteiger partial charge in [-0.15, -0.1) is 11.6 Å². The van der Waals surface area contributed by atoms with E-state index in [2.05, 4.69) is 11.6 Å². The van der Waals surface area contributed by atoms with Crippen molar-refractivity contribution in [2.45, 2.75) is 30.4 Å². The fourth-order valence-electron chi connectivity index (χ4n) is 0.683. The molecule has 0 saturated heterocycles. The van der Waals surface area contributed by atoms with Crippen LogP contribution >= 0.6 is 11.6 Å². The number of hydrogen-bond acceptors (Lipinski definition) is 0. The quantitative estimate of drug-likeness (QED) is 0.538. The minimum atomic E-state index is -6.82. The SMILES string of the molecule is FC(F)(F)C(F)(F)C(F)(F)C(F)(F)CCCl. The molecule has 0 atom stereocenters. The Morgan fingerprint density at radius 2 is 1.06 bits per heavy atom. The summed E-state index contributed by atoms with van der Waals surface area (Å²) in [5.74, 6) is -20.1. The van der Waals surface area contributed by atoms with E-state index in [1.165, 1.54) is 0 Å². The smallest absolute Gasteiger partial charge is 0.200 e. The average Bonchev–Trinajstić information content (AvgIpc) is 2.01. The van der Waals surface area contributed by atoms with Crippen LogP contribution < -0.4 is 0 Å². The van der Waals surface area contributed by atoms with Crippen molar-refractivity contribution >= 4 is 11.6 Å². The Balaban J connectivity index is 5.34. The molecule has 0 unspecified atom stereocenters. The van der Waals surface area contributed by atoms with Crippen LogP contribution in [0.1, 0.15) is 6.42 Å². The van der Waals surface area contributed by atoms with Gasteiger partial charge < -0.3 is 0 Å². The van der Waals surface area contributed by atoms with Crippen LogP contribution in [-0.4, -0.2) is 29.8 Å². The third-order valence-corrected chi connectivity index (χ3v) is 1.81. The van der Waals surface area contributed by atoms with Crippen molar-refractivity contribution in [2.75, 3.05) is 5.88 Å². The second-order valence-electron chi connectivity index (χ2n) is 2.79. The highest BCUT2D eigenvalue weighted by molar-refractivity contribution is 6.17. The molecular formula is C6H4ClF9. The molecule has 0 N–H and O–H groups in total. The maximum Gasteiger partial charge on any atom is 0.460 e. The topological polar surface area (TPSA) is 0 Å². The van der Waals surface area contributed by atoms with Crippen LogP contribution in [0.3, 0.4) is 0 Å². The van der Waals surface area contributed by atoms with Gasteiger partial charge in [-0.25, -0.2) is 0 Å². The van der Waals surface area contributed by atoms with Gasteiger partial charge >= 0.3 is 23.9 Å². The summed E-state index contributed by atoms with van der Waals surface area (Å²) >= 11 is 4.62. The van der Waals surface area contributed by atoms with Crippen molar-refractivity contribution in [2.24, 2.45) is 0 Å². The molecule has 0 spiro atoms. The molecule has 0 saturated carbocycles. The molecule has 0 aliphatic carbocycles. The molecule has 0 aliphatic rings. The van der Waals surface area contributed by atoms with Crippen molar-refractivity contribution in [3.8, 4) is 0 Å². The molecule has 98 valence electrons. The minimum absolute atomic E-state index is 1.18. The normalized spacial score (nSPS) is 15.4. The average molecular weight is 283 g/mol. The summed E-state index contributed by atoms with van der Waals surface area (Å²) in [5.41, 5.74) is 0. The van der Waals surface area contributed by atoms with Gasteiger partial charge in [0.2, 0.25) is 0 Å². The molecule has 0 bridgehead atoms. The molecule has 0 aromatic heterocycles. The predicted molar refractivity (Wildman–Crippen MR) is 36.2 cm³/mol. The lowest BCUT2D eigenvalue weighted by molar-refractivity contribution is -0.396. The summed E-state index contributed by atoms with van der Waals surface area (Å²) in [7, 11) is 0. The first-order valence-corrected chi connectivity index (χ1v) is 4.11. The van der Waals surface area contributed by atoms with Gasteiger partial charge in [0.15, 0.2) is 0 Å². The lowest BCUT2D eigenvalue weighted by Gasteiger charge is -2.33. The lowest BCUT2D eigenvalue weighted by Crippen LogP contribution is -2.60. The Morgan fingerprint density at radius 1 is 0.688 bits per heavy atom. The molecule has 10 heteroatoms. The maximum absolute atomic E-state index is 12.4. The number of alkyl halides is 10. The molecule has 0 aliphatic heterocycles. The highest BCUT2D eigenvalue weighted by Gasteiger charge is 2.81. The fraction of sp³-hybridized carbons (Fsp3) is 1.00. The third kappa shape index (κ3) is 2.33. The summed E-state index contributed by atoms with van der Waals surface area (Å²) in [6, 6.07) is 0. The molecule has 0 heterocycles. The zero-order valence-electron chi connectivity index (χ0n) is 7.19. The zero-order valence-corrected chi connectivity index (χ0v) is 7.95. The van der Waals surface area contributed by atoms with Crippen molar-refractivity contribution in [1.82, 2.24) is 0 Å². The van der Waals surface area contributed by atoms with Crippen LogP contribution in [0.5, 0.6) is 0 Å². The largest absolute Gasteiger partial charge is 0.460 e. The summed E-state index contributed by atoms with van der Waals surface area (Å²) in [5, 5.41) is 0. The van der Waals surface area contributed by atoms with E-state index in [9.17, 15) is 39.5 Å². The van der Waals surface area contributed by atoms with E-state index in [1.54, 1.807) is 0 Å². The second kappa shape index (κ2) is 4.15. The van der Waals surface area contributed by atoms with Gasteiger partial charge in [-0.05, 0) is 0 Å². The lowest BCUT2D eigenvalue weighted by atomic mass is 10.0. The van der Waals surface area contributed by atoms with Gasteiger partial charge in [-0.3, -0.25) is 0 Å². The van der Waals surface area contributed by atoms with Crippen LogP contribution in [0.2, 0.25) is 0 Å². The Hall–Kier alpha value is -0.340. The van der Waals surface area contributed by atoms with E-state index >= 15 is 0 Å². The Bertz CT molecular complexity index is 243. The van der Waals surface area contributed by atoms with Crippen LogP contribution in [0.15, 0.2) is 0 Å². The fourth-order valence-corrected chi connectivity index (χ4v) is 0.921. The zero-order chi connectivity index (χ0) is 13.4. The minimum Gasteiger partial charge on any atom is -0.200 e. The highest BCUT2D eigenvalue weighted by Crippen LogP contribution is 2.53. The predicted octanol–water partition coefficient (Wildman–Crippen LogP) is 4.08. The molecule has 0 amide bonds. The second-order valence-corrected chi connectivity index (χ2v) is 3.17. The molecule has 0 rings (SSSR count). The van der Waals surface area contributed by atoms with Crippen molar-refractivity contribution in [3.05, 3.63) is 0 Å². The van der Waals surface area contributed by atoms with E-state index < -0.39 is 36.2 Å². The van der Waals surface area contributed by atoms with Gasteiger partial charge in [0.1, 0.15) is 0 Å². The number of halogens is 10. The van der Waals surface area contributed by atoms with Crippen molar-refractivity contribution in [3.63, 3.8) is 0 Å². The van der Waals surface area contributed by atoms with Gasteiger partial charge in [-0.1, -0.05) is 0 Å². The molecule has 16 heavy (non-hydrogen) atoms. The summed E-state index contributed by atoms with van der Waals surface area (Å²) < 4.78 is 108. The maximum atomic E-state index is 12.4. The first-order chi connectivity index (χ1) is 6.81. The molecular weight excluding hydrogens is 279 g/mol. The third-order valence-electron chi connectivity index (χ3n) is 1.62. The summed E-state index contributed by atoms with van der Waals surface area (Å²) in [6.45, 7) is 0. The van der Waals surface area contributed by atoms with E-state index in [1.807, 2.05) is 0 Å². The van der Waals surface area contributed by atoms with Crippen molar-refractivity contribution in [1.29, 1.82) is 0 Å². The first-order valence-electron chi connectivity index (χ1n) is 3.57. The molecule has 0 radical (unpaired) electrons. The molecule has 0 fully saturated rings. The summed E-state index contributed by atoms with van der Waals surface area (Å²) in [6.07, 6.45) is -8.76. The van der Waals surface area contributed by atoms with E-state index in [4.69, 9.17) is 0 Å². The standard InChI is InChI=1S/C6H4ClF9/c7-2-1-3(8,9)4(10,11)5(12,13)6(14,15)16/h1-2H2. The number of rotatable bonds is 4. The highest BCUT2D eigenvalue weighted by atomic mass is 35.5.